The van der Waals surface area contributed by atoms with E-state index in [-0.39, 0.29) is 11.9 Å². The van der Waals surface area contributed by atoms with Gasteiger partial charge in [0.25, 0.3) is 5.91 Å². The van der Waals surface area contributed by atoms with Crippen LogP contribution >= 0.6 is 0 Å². The molecule has 4 rings (SSSR count). The van der Waals surface area contributed by atoms with Gasteiger partial charge in [-0.3, -0.25) is 4.79 Å². The highest BCUT2D eigenvalue weighted by Gasteiger charge is 2.24. The van der Waals surface area contributed by atoms with E-state index in [1.165, 1.54) is 19.3 Å². The zero-order chi connectivity index (χ0) is 19.5. The summed E-state index contributed by atoms with van der Waals surface area (Å²) in [6.45, 7) is 2.23. The fourth-order valence-corrected chi connectivity index (χ4v) is 4.05. The van der Waals surface area contributed by atoms with Gasteiger partial charge in [-0.25, -0.2) is 4.98 Å². The second kappa shape index (κ2) is 8.01. The first-order valence-corrected chi connectivity index (χ1v) is 10.0. The van der Waals surface area contributed by atoms with Crippen LogP contribution in [0.15, 0.2) is 54.6 Å². The topological polar surface area (TPSA) is 51.2 Å². The third-order valence-corrected chi connectivity index (χ3v) is 5.77. The van der Waals surface area contributed by atoms with Crippen LogP contribution in [0, 0.1) is 5.92 Å². The lowest BCUT2D eigenvalue weighted by atomic mass is 9.85. The maximum Gasteiger partial charge on any atom is 0.252 e. The second-order valence-corrected chi connectivity index (χ2v) is 7.64. The molecule has 1 N–H and O–H groups in total. The number of carbonyl (C=O) groups excluding carboxylic acids is 1. The average molecular weight is 374 g/mol. The first-order valence-electron chi connectivity index (χ1n) is 10.0. The molecule has 1 amide bonds. The molecule has 2 atom stereocenters. The molecule has 4 nitrogen and oxygen atoms in total. The van der Waals surface area contributed by atoms with E-state index in [0.717, 1.165) is 34.3 Å². The zero-order valence-corrected chi connectivity index (χ0v) is 16.4. The molecule has 0 bridgehead atoms. The van der Waals surface area contributed by atoms with Gasteiger partial charge in [0, 0.05) is 17.0 Å². The Bertz CT molecular complexity index is 982. The van der Waals surface area contributed by atoms with E-state index in [4.69, 9.17) is 9.72 Å². The lowest BCUT2D eigenvalue weighted by Gasteiger charge is -2.29. The molecule has 1 saturated carbocycles. The summed E-state index contributed by atoms with van der Waals surface area (Å²) >= 11 is 0. The van der Waals surface area contributed by atoms with E-state index < -0.39 is 0 Å². The molecule has 4 heteroatoms. The molecule has 0 saturated heterocycles. The van der Waals surface area contributed by atoms with Gasteiger partial charge >= 0.3 is 0 Å². The quantitative estimate of drug-likeness (QED) is 0.681. The summed E-state index contributed by atoms with van der Waals surface area (Å²) in [5.41, 5.74) is 3.28. The molecule has 28 heavy (non-hydrogen) atoms. The van der Waals surface area contributed by atoms with Gasteiger partial charge in [-0.2, -0.15) is 0 Å². The van der Waals surface area contributed by atoms with Crippen LogP contribution in [0.5, 0.6) is 5.75 Å². The maximum atomic E-state index is 13.2. The van der Waals surface area contributed by atoms with E-state index in [2.05, 4.69) is 12.2 Å². The number of aromatic nitrogens is 1. The maximum absolute atomic E-state index is 13.2. The van der Waals surface area contributed by atoms with Crippen molar-refractivity contribution in [1.29, 1.82) is 0 Å². The van der Waals surface area contributed by atoms with E-state index in [1.807, 2.05) is 54.6 Å². The molecule has 3 aromatic rings. The summed E-state index contributed by atoms with van der Waals surface area (Å²) < 4.78 is 5.25. The standard InChI is InChI=1S/C24H26N2O2/c1-16-7-3-5-9-21(16)26-24(27)20-15-23(17-11-13-18(28-2)14-12-17)25-22-10-6-4-8-19(20)22/h4,6,8,10-16,21H,3,5,7,9H2,1-2H3,(H,26,27)/t16-,21-/m1/s1. The van der Waals surface area contributed by atoms with Gasteiger partial charge in [-0.05, 0) is 55.2 Å². The minimum Gasteiger partial charge on any atom is -0.497 e. The van der Waals surface area contributed by atoms with Gasteiger partial charge in [0.1, 0.15) is 5.75 Å². The number of hydrogen-bond acceptors (Lipinski definition) is 3. The minimum atomic E-state index is -0.00730. The van der Waals surface area contributed by atoms with Crippen molar-refractivity contribution in [2.75, 3.05) is 7.11 Å². The molecule has 0 aliphatic heterocycles. The Balaban J connectivity index is 1.72. The van der Waals surface area contributed by atoms with Gasteiger partial charge in [0.15, 0.2) is 0 Å². The first kappa shape index (κ1) is 18.5. The fraction of sp³-hybridized carbons (Fsp3) is 0.333. The van der Waals surface area contributed by atoms with Crippen LogP contribution in [-0.4, -0.2) is 24.0 Å². The average Bonchev–Trinajstić information content (AvgIpc) is 2.74. The summed E-state index contributed by atoms with van der Waals surface area (Å²) in [7, 11) is 1.65. The zero-order valence-electron chi connectivity index (χ0n) is 16.4. The molecule has 0 unspecified atom stereocenters. The summed E-state index contributed by atoms with van der Waals surface area (Å²) in [5.74, 6) is 1.31. The Kier molecular flexibility index (Phi) is 5.29. The van der Waals surface area contributed by atoms with E-state index in [9.17, 15) is 4.79 Å². The van der Waals surface area contributed by atoms with Crippen LogP contribution in [0.4, 0.5) is 0 Å². The Morgan fingerprint density at radius 1 is 1.07 bits per heavy atom. The number of fused-ring (bicyclic) bond motifs is 1. The number of rotatable bonds is 4. The predicted molar refractivity (Wildman–Crippen MR) is 113 cm³/mol. The van der Waals surface area contributed by atoms with E-state index in [0.29, 0.717) is 11.5 Å². The Morgan fingerprint density at radius 3 is 2.57 bits per heavy atom. The number of para-hydroxylation sites is 1. The van der Waals surface area contributed by atoms with E-state index >= 15 is 0 Å². The predicted octanol–water partition coefficient (Wildman–Crippen LogP) is 5.22. The number of nitrogens with one attached hydrogen (secondary N) is 1. The molecule has 1 heterocycles. The SMILES string of the molecule is COc1ccc(-c2cc(C(=O)N[C@@H]3CCCC[C@H]3C)c3ccccc3n2)cc1. The van der Waals surface area contributed by atoms with Gasteiger partial charge in [0.05, 0.1) is 23.9 Å². The number of pyridine rings is 1. The highest BCUT2D eigenvalue weighted by atomic mass is 16.5. The van der Waals surface area contributed by atoms with Gasteiger partial charge < -0.3 is 10.1 Å². The third kappa shape index (κ3) is 3.72. The number of hydrogen-bond donors (Lipinski definition) is 1. The summed E-state index contributed by atoms with van der Waals surface area (Å²) in [6, 6.07) is 17.8. The third-order valence-electron chi connectivity index (χ3n) is 5.77. The normalized spacial score (nSPS) is 19.4. The summed E-state index contributed by atoms with van der Waals surface area (Å²) in [4.78, 5) is 18.0. The number of benzene rings is 2. The number of ether oxygens (including phenoxy) is 1. The lowest BCUT2D eigenvalue weighted by molar-refractivity contribution is 0.0912. The van der Waals surface area contributed by atoms with Crippen LogP contribution in [-0.2, 0) is 0 Å². The first-order chi connectivity index (χ1) is 13.7. The van der Waals surface area contributed by atoms with Crippen LogP contribution in [0.3, 0.4) is 0 Å². The van der Waals surface area contributed by atoms with Gasteiger partial charge in [-0.1, -0.05) is 38.0 Å². The minimum absolute atomic E-state index is 0.00730. The Morgan fingerprint density at radius 2 is 1.82 bits per heavy atom. The molecule has 1 aliphatic carbocycles. The smallest absolute Gasteiger partial charge is 0.252 e. The lowest BCUT2D eigenvalue weighted by Crippen LogP contribution is -2.41. The molecule has 0 radical (unpaired) electrons. The van der Waals surface area contributed by atoms with Crippen LogP contribution < -0.4 is 10.1 Å². The number of carbonyl (C=O) groups is 1. The summed E-state index contributed by atoms with van der Waals surface area (Å²) in [5, 5.41) is 4.18. The monoisotopic (exact) mass is 374 g/mol. The number of amides is 1. The molecule has 1 aliphatic rings. The van der Waals surface area contributed by atoms with Gasteiger partial charge in [0.2, 0.25) is 0 Å². The second-order valence-electron chi connectivity index (χ2n) is 7.64. The molecular weight excluding hydrogens is 348 g/mol. The van der Waals surface area contributed by atoms with Crippen molar-refractivity contribution < 1.29 is 9.53 Å². The molecule has 1 fully saturated rings. The molecule has 1 aromatic heterocycles. The van der Waals surface area contributed by atoms with Crippen molar-refractivity contribution in [2.24, 2.45) is 5.92 Å². The fourth-order valence-electron chi connectivity index (χ4n) is 4.05. The van der Waals surface area contributed by atoms with Crippen molar-refractivity contribution in [1.82, 2.24) is 10.3 Å². The van der Waals surface area contributed by atoms with Crippen molar-refractivity contribution >= 4 is 16.8 Å². The Labute approximate surface area is 165 Å². The molecule has 2 aromatic carbocycles. The Hall–Kier alpha value is -2.88. The highest BCUT2D eigenvalue weighted by molar-refractivity contribution is 6.07. The molecule has 144 valence electrons. The summed E-state index contributed by atoms with van der Waals surface area (Å²) in [6.07, 6.45) is 4.68. The number of methoxy groups -OCH3 is 1. The van der Waals surface area contributed by atoms with Crippen LogP contribution in [0.2, 0.25) is 0 Å². The molecular formula is C24H26N2O2. The number of nitrogens with zero attached hydrogens (tertiary/aromatic N) is 1. The van der Waals surface area contributed by atoms with Crippen molar-refractivity contribution in [3.8, 4) is 17.0 Å². The van der Waals surface area contributed by atoms with Crippen molar-refractivity contribution in [3.63, 3.8) is 0 Å². The molecule has 0 spiro atoms. The van der Waals surface area contributed by atoms with Crippen molar-refractivity contribution in [3.05, 3.63) is 60.2 Å². The van der Waals surface area contributed by atoms with Crippen LogP contribution in [0.1, 0.15) is 43.0 Å². The van der Waals surface area contributed by atoms with E-state index in [1.54, 1.807) is 7.11 Å². The largest absolute Gasteiger partial charge is 0.497 e. The van der Waals surface area contributed by atoms with Crippen molar-refractivity contribution in [2.45, 2.75) is 38.6 Å². The van der Waals surface area contributed by atoms with Crippen LogP contribution in [0.25, 0.3) is 22.2 Å². The van der Waals surface area contributed by atoms with Gasteiger partial charge in [-0.15, -0.1) is 0 Å². The highest BCUT2D eigenvalue weighted by Crippen LogP contribution is 2.28.